The van der Waals surface area contributed by atoms with Crippen molar-refractivity contribution in [2.75, 3.05) is 14.2 Å². The van der Waals surface area contributed by atoms with E-state index in [1.165, 1.54) is 0 Å². The van der Waals surface area contributed by atoms with E-state index in [1.807, 2.05) is 6.07 Å². The highest BCUT2D eigenvalue weighted by molar-refractivity contribution is 6.00. The fourth-order valence-corrected chi connectivity index (χ4v) is 1.73. The number of nitrogens with one attached hydrogen (secondary N) is 2. The van der Waals surface area contributed by atoms with Crippen molar-refractivity contribution in [3.05, 3.63) is 23.9 Å². The van der Waals surface area contributed by atoms with Crippen LogP contribution in [0.4, 0.5) is 0 Å². The number of hydrogen-bond acceptors (Lipinski definition) is 4. The second-order valence-corrected chi connectivity index (χ2v) is 3.42. The van der Waals surface area contributed by atoms with E-state index in [9.17, 15) is 4.79 Å². The maximum absolute atomic E-state index is 11.4. The molecule has 4 N–H and O–H groups in total. The first kappa shape index (κ1) is 11.3. The van der Waals surface area contributed by atoms with Gasteiger partial charge in [0.2, 0.25) is 0 Å². The minimum absolute atomic E-state index is 0.369. The van der Waals surface area contributed by atoms with Gasteiger partial charge in [-0.3, -0.25) is 10.2 Å². The number of benzene rings is 1. The van der Waals surface area contributed by atoms with Crippen LogP contribution >= 0.6 is 0 Å². The lowest BCUT2D eigenvalue weighted by atomic mass is 10.2. The molecule has 0 fully saturated rings. The van der Waals surface area contributed by atoms with Gasteiger partial charge in [-0.15, -0.1) is 0 Å². The molecule has 0 aliphatic heterocycles. The highest BCUT2D eigenvalue weighted by Crippen LogP contribution is 2.35. The van der Waals surface area contributed by atoms with Crippen molar-refractivity contribution in [3.63, 3.8) is 0 Å². The Morgan fingerprint density at radius 3 is 2.71 bits per heavy atom. The quantitative estimate of drug-likeness (QED) is 0.417. The Balaban J connectivity index is 2.64. The molecule has 1 aromatic carbocycles. The Morgan fingerprint density at radius 1 is 1.35 bits per heavy atom. The summed E-state index contributed by atoms with van der Waals surface area (Å²) in [6, 6.07) is 5.24. The molecule has 17 heavy (non-hydrogen) atoms. The summed E-state index contributed by atoms with van der Waals surface area (Å²) in [5, 5.41) is 0.769. The van der Waals surface area contributed by atoms with Crippen molar-refractivity contribution < 1.29 is 14.3 Å². The van der Waals surface area contributed by atoms with E-state index in [4.69, 9.17) is 15.3 Å². The fourth-order valence-electron chi connectivity index (χ4n) is 1.73. The molecule has 0 aliphatic carbocycles. The van der Waals surface area contributed by atoms with Gasteiger partial charge in [-0.05, 0) is 18.2 Å². The molecule has 0 unspecified atom stereocenters. The molecule has 1 heterocycles. The van der Waals surface area contributed by atoms with E-state index in [1.54, 1.807) is 26.4 Å². The van der Waals surface area contributed by atoms with Crippen molar-refractivity contribution in [2.45, 2.75) is 0 Å². The molecule has 2 aromatic rings. The SMILES string of the molecule is COc1ccc2[nH]c(C(=O)NN)cc2c1OC. The molecule has 0 atom stereocenters. The zero-order valence-electron chi connectivity index (χ0n) is 9.53. The number of hydrazine groups is 1. The zero-order chi connectivity index (χ0) is 12.4. The molecule has 0 saturated carbocycles. The van der Waals surface area contributed by atoms with E-state index < -0.39 is 0 Å². The zero-order valence-corrected chi connectivity index (χ0v) is 9.53. The fraction of sp³-hybridized carbons (Fsp3) is 0.182. The van der Waals surface area contributed by atoms with Gasteiger partial charge >= 0.3 is 0 Å². The average molecular weight is 235 g/mol. The van der Waals surface area contributed by atoms with Crippen molar-refractivity contribution in [2.24, 2.45) is 5.84 Å². The van der Waals surface area contributed by atoms with Crippen LogP contribution in [0.1, 0.15) is 10.5 Å². The summed E-state index contributed by atoms with van der Waals surface area (Å²) in [5.74, 6) is 5.88. The number of methoxy groups -OCH3 is 2. The summed E-state index contributed by atoms with van der Waals surface area (Å²) >= 11 is 0. The number of carbonyl (C=O) groups is 1. The number of aromatic nitrogens is 1. The molecule has 0 spiro atoms. The van der Waals surface area contributed by atoms with Gasteiger partial charge in [-0.2, -0.15) is 0 Å². The molecule has 0 radical (unpaired) electrons. The number of fused-ring (bicyclic) bond motifs is 1. The molecule has 0 bridgehead atoms. The van der Waals surface area contributed by atoms with E-state index >= 15 is 0 Å². The smallest absolute Gasteiger partial charge is 0.281 e. The van der Waals surface area contributed by atoms with Crippen molar-refractivity contribution in [1.82, 2.24) is 10.4 Å². The largest absolute Gasteiger partial charge is 0.493 e. The second kappa shape index (κ2) is 4.34. The molecule has 6 heteroatoms. The molecular formula is C11H13N3O3. The number of hydrogen-bond donors (Lipinski definition) is 3. The molecule has 6 nitrogen and oxygen atoms in total. The van der Waals surface area contributed by atoms with Gasteiger partial charge in [0.15, 0.2) is 11.5 Å². The van der Waals surface area contributed by atoms with E-state index in [0.717, 1.165) is 10.9 Å². The molecule has 0 aliphatic rings. The lowest BCUT2D eigenvalue weighted by Gasteiger charge is -2.07. The van der Waals surface area contributed by atoms with Crippen LogP contribution in [0.2, 0.25) is 0 Å². The standard InChI is InChI=1S/C11H13N3O3/c1-16-9-4-3-7-6(10(9)17-2)5-8(13-7)11(15)14-12/h3-5,13H,12H2,1-2H3,(H,14,15). The van der Waals surface area contributed by atoms with Crippen molar-refractivity contribution in [1.29, 1.82) is 0 Å². The first-order valence-electron chi connectivity index (χ1n) is 4.96. The van der Waals surface area contributed by atoms with Crippen molar-refractivity contribution in [3.8, 4) is 11.5 Å². The average Bonchev–Trinajstić information content (AvgIpc) is 2.80. The Kier molecular flexibility index (Phi) is 2.88. The van der Waals surface area contributed by atoms with E-state index in [2.05, 4.69) is 10.4 Å². The van der Waals surface area contributed by atoms with Gasteiger partial charge in [-0.1, -0.05) is 0 Å². The van der Waals surface area contributed by atoms with Gasteiger partial charge in [0, 0.05) is 5.39 Å². The van der Waals surface area contributed by atoms with Crippen molar-refractivity contribution >= 4 is 16.8 Å². The van der Waals surface area contributed by atoms with Crippen LogP contribution in [0.15, 0.2) is 18.2 Å². The summed E-state index contributed by atoms with van der Waals surface area (Å²) in [4.78, 5) is 14.3. The van der Waals surface area contributed by atoms with Gasteiger partial charge in [0.05, 0.1) is 19.7 Å². The molecule has 2 rings (SSSR count). The second-order valence-electron chi connectivity index (χ2n) is 3.42. The Labute approximate surface area is 97.7 Å². The minimum atomic E-state index is -0.387. The number of aromatic amines is 1. The van der Waals surface area contributed by atoms with Gasteiger partial charge in [0.25, 0.3) is 5.91 Å². The summed E-state index contributed by atoms with van der Waals surface area (Å²) < 4.78 is 10.4. The Morgan fingerprint density at radius 2 is 2.12 bits per heavy atom. The predicted molar refractivity (Wildman–Crippen MR) is 63.1 cm³/mol. The van der Waals surface area contributed by atoms with Crippen LogP contribution in [-0.4, -0.2) is 25.1 Å². The van der Waals surface area contributed by atoms with Crippen LogP contribution in [0.25, 0.3) is 10.9 Å². The number of H-pyrrole nitrogens is 1. The molecule has 90 valence electrons. The summed E-state index contributed by atoms with van der Waals surface area (Å²) in [6.45, 7) is 0. The first-order chi connectivity index (χ1) is 8.21. The third-order valence-corrected chi connectivity index (χ3v) is 2.52. The number of nitrogen functional groups attached to an aromatic ring is 1. The number of carbonyl (C=O) groups excluding carboxylic acids is 1. The lowest BCUT2D eigenvalue weighted by Crippen LogP contribution is -2.30. The molecule has 1 aromatic heterocycles. The topological polar surface area (TPSA) is 89.4 Å². The van der Waals surface area contributed by atoms with Crippen LogP contribution in [-0.2, 0) is 0 Å². The van der Waals surface area contributed by atoms with Gasteiger partial charge in [-0.25, -0.2) is 5.84 Å². The maximum atomic E-state index is 11.4. The highest BCUT2D eigenvalue weighted by atomic mass is 16.5. The predicted octanol–water partition coefficient (Wildman–Crippen LogP) is 0.789. The minimum Gasteiger partial charge on any atom is -0.493 e. The monoisotopic (exact) mass is 235 g/mol. The van der Waals surface area contributed by atoms with E-state index in [0.29, 0.717) is 17.2 Å². The van der Waals surface area contributed by atoms with E-state index in [-0.39, 0.29) is 5.91 Å². The number of rotatable bonds is 3. The van der Waals surface area contributed by atoms with Gasteiger partial charge in [0.1, 0.15) is 5.69 Å². The third-order valence-electron chi connectivity index (χ3n) is 2.52. The Bertz CT molecular complexity index is 562. The molecular weight excluding hydrogens is 222 g/mol. The van der Waals surface area contributed by atoms with Crippen LogP contribution in [0, 0.1) is 0 Å². The third kappa shape index (κ3) is 1.78. The number of nitrogens with two attached hydrogens (primary N) is 1. The maximum Gasteiger partial charge on any atom is 0.281 e. The summed E-state index contributed by atoms with van der Waals surface area (Å²) in [7, 11) is 3.11. The molecule has 0 saturated heterocycles. The normalized spacial score (nSPS) is 10.3. The Hall–Kier alpha value is -2.21. The lowest BCUT2D eigenvalue weighted by molar-refractivity contribution is 0.0949. The van der Waals surface area contributed by atoms with Crippen LogP contribution in [0.5, 0.6) is 11.5 Å². The number of amides is 1. The van der Waals surface area contributed by atoms with Crippen LogP contribution < -0.4 is 20.7 Å². The molecule has 1 amide bonds. The summed E-state index contributed by atoms with van der Waals surface area (Å²) in [5.41, 5.74) is 3.21. The van der Waals surface area contributed by atoms with Crippen LogP contribution in [0.3, 0.4) is 0 Å². The first-order valence-corrected chi connectivity index (χ1v) is 4.96. The number of ether oxygens (including phenoxy) is 2. The summed E-state index contributed by atoms with van der Waals surface area (Å²) in [6.07, 6.45) is 0. The van der Waals surface area contributed by atoms with Gasteiger partial charge < -0.3 is 14.5 Å². The highest BCUT2D eigenvalue weighted by Gasteiger charge is 2.14.